The van der Waals surface area contributed by atoms with Crippen molar-refractivity contribution >= 4 is 22.0 Å². The fourth-order valence-electron chi connectivity index (χ4n) is 2.00. The molecule has 114 valence electrons. The number of rotatable bonds is 4. The lowest BCUT2D eigenvalue weighted by atomic mass is 10.1. The molecule has 1 amide bonds. The third kappa shape index (κ3) is 3.17. The smallest absolute Gasteiger partial charge is 0.264 e. The van der Waals surface area contributed by atoms with Crippen LogP contribution in [-0.4, -0.2) is 26.1 Å². The lowest BCUT2D eigenvalue weighted by Crippen LogP contribution is -2.34. The van der Waals surface area contributed by atoms with Gasteiger partial charge in [-0.05, 0) is 12.1 Å². The van der Waals surface area contributed by atoms with E-state index in [-0.39, 0.29) is 17.9 Å². The van der Waals surface area contributed by atoms with Crippen LogP contribution in [-0.2, 0) is 20.6 Å². The largest absolute Gasteiger partial charge is 0.488 e. The molecule has 0 spiro atoms. The number of benzene rings is 1. The summed E-state index contributed by atoms with van der Waals surface area (Å²) in [4.78, 5) is 12.1. The van der Waals surface area contributed by atoms with E-state index in [0.29, 0.717) is 5.75 Å². The van der Waals surface area contributed by atoms with Crippen molar-refractivity contribution < 1.29 is 22.5 Å². The minimum atomic E-state index is -3.85. The topological polar surface area (TPSA) is 98.5 Å². The van der Waals surface area contributed by atoms with Gasteiger partial charge < -0.3 is 9.26 Å². The number of nitrogens with one attached hydrogen (secondary N) is 1. The molecule has 0 bridgehead atoms. The van der Waals surface area contributed by atoms with Crippen LogP contribution in [0.25, 0.3) is 6.08 Å². The van der Waals surface area contributed by atoms with Gasteiger partial charge in [0.15, 0.2) is 0 Å². The number of hydrogen-bond acceptors (Lipinski definition) is 6. The van der Waals surface area contributed by atoms with Gasteiger partial charge in [-0.15, -0.1) is 0 Å². The van der Waals surface area contributed by atoms with E-state index in [2.05, 4.69) is 9.68 Å². The maximum absolute atomic E-state index is 12.1. The van der Waals surface area contributed by atoms with Crippen LogP contribution in [0.15, 0.2) is 46.7 Å². The normalized spacial score (nSPS) is 13.7. The Morgan fingerprint density at radius 1 is 1.27 bits per heavy atom. The number of sulfonamides is 1. The highest BCUT2D eigenvalue weighted by Crippen LogP contribution is 2.25. The summed E-state index contributed by atoms with van der Waals surface area (Å²) < 4.78 is 35.8. The SMILES string of the molecule is O=C(NS(=O)(=O)Cc1ccon1)C1=Cc2ccccc2OC1. The highest BCUT2D eigenvalue weighted by Gasteiger charge is 2.22. The Kier molecular flexibility index (Phi) is 3.68. The summed E-state index contributed by atoms with van der Waals surface area (Å²) in [6.07, 6.45) is 2.88. The minimum absolute atomic E-state index is 0.0162. The first kappa shape index (κ1) is 14.3. The van der Waals surface area contributed by atoms with Crippen LogP contribution in [0.3, 0.4) is 0 Å². The van der Waals surface area contributed by atoms with Crippen molar-refractivity contribution in [3.63, 3.8) is 0 Å². The third-order valence-electron chi connectivity index (χ3n) is 3.00. The molecule has 22 heavy (non-hydrogen) atoms. The molecule has 0 fully saturated rings. The summed E-state index contributed by atoms with van der Waals surface area (Å²) in [5.74, 6) is -0.484. The van der Waals surface area contributed by atoms with Crippen molar-refractivity contribution in [2.24, 2.45) is 0 Å². The average molecular weight is 320 g/mol. The second kappa shape index (κ2) is 5.64. The molecule has 1 aliphatic rings. The molecular weight excluding hydrogens is 308 g/mol. The van der Waals surface area contributed by atoms with E-state index in [1.165, 1.54) is 12.3 Å². The van der Waals surface area contributed by atoms with Crippen molar-refractivity contribution in [3.05, 3.63) is 53.4 Å². The van der Waals surface area contributed by atoms with Gasteiger partial charge in [-0.2, -0.15) is 0 Å². The van der Waals surface area contributed by atoms with Gasteiger partial charge in [0.2, 0.25) is 10.0 Å². The maximum Gasteiger partial charge on any atom is 0.264 e. The summed E-state index contributed by atoms with van der Waals surface area (Å²) in [6.45, 7) is 0.0162. The van der Waals surface area contributed by atoms with Gasteiger partial charge in [-0.25, -0.2) is 13.1 Å². The Morgan fingerprint density at radius 2 is 2.09 bits per heavy atom. The summed E-state index contributed by atoms with van der Waals surface area (Å²) >= 11 is 0. The van der Waals surface area contributed by atoms with Gasteiger partial charge in [0, 0.05) is 11.6 Å². The first-order valence-electron chi connectivity index (χ1n) is 6.40. The number of nitrogens with zero attached hydrogens (tertiary/aromatic N) is 1. The Morgan fingerprint density at radius 3 is 2.86 bits per heavy atom. The molecule has 1 N–H and O–H groups in total. The predicted molar refractivity (Wildman–Crippen MR) is 77.2 cm³/mol. The fraction of sp³-hybridized carbons (Fsp3) is 0.143. The highest BCUT2D eigenvalue weighted by molar-refractivity contribution is 7.89. The third-order valence-corrected chi connectivity index (χ3v) is 4.17. The molecule has 8 heteroatoms. The average Bonchev–Trinajstić information content (AvgIpc) is 2.98. The zero-order valence-corrected chi connectivity index (χ0v) is 12.2. The molecule has 1 aromatic carbocycles. The van der Waals surface area contributed by atoms with E-state index < -0.39 is 21.7 Å². The standard InChI is InChI=1S/C14H12N2O5S/c17-14(16-22(18,19)9-12-5-6-21-15-12)11-7-10-3-1-2-4-13(10)20-8-11/h1-7H,8-9H2,(H,16,17). The fourth-order valence-corrected chi connectivity index (χ4v) is 3.02. The van der Waals surface area contributed by atoms with Gasteiger partial charge in [0.25, 0.3) is 5.91 Å². The first-order valence-corrected chi connectivity index (χ1v) is 8.05. The second-order valence-corrected chi connectivity index (χ2v) is 6.40. The number of amides is 1. The molecule has 0 saturated carbocycles. The minimum Gasteiger partial charge on any atom is -0.488 e. The summed E-state index contributed by atoms with van der Waals surface area (Å²) in [5, 5.41) is 3.51. The van der Waals surface area contributed by atoms with Crippen molar-refractivity contribution in [1.82, 2.24) is 9.88 Å². The number of hydrogen-bond donors (Lipinski definition) is 1. The molecule has 0 radical (unpaired) electrons. The molecule has 0 saturated heterocycles. The van der Waals surface area contributed by atoms with Crippen LogP contribution in [0.5, 0.6) is 5.75 Å². The molecule has 1 aliphatic heterocycles. The molecule has 0 unspecified atom stereocenters. The number of fused-ring (bicyclic) bond motifs is 1. The molecule has 0 aliphatic carbocycles. The zero-order valence-electron chi connectivity index (χ0n) is 11.4. The van der Waals surface area contributed by atoms with Gasteiger partial charge in [0.05, 0.1) is 5.57 Å². The summed E-state index contributed by atoms with van der Waals surface area (Å²) in [5.41, 5.74) is 1.19. The Balaban J connectivity index is 1.74. The van der Waals surface area contributed by atoms with Crippen LogP contribution in [0.4, 0.5) is 0 Å². The Labute approximate surface area is 126 Å². The van der Waals surface area contributed by atoms with Crippen LogP contribution in [0, 0.1) is 0 Å². The van der Waals surface area contributed by atoms with Crippen LogP contribution in [0.2, 0.25) is 0 Å². The van der Waals surface area contributed by atoms with E-state index >= 15 is 0 Å². The molecule has 7 nitrogen and oxygen atoms in total. The first-order chi connectivity index (χ1) is 10.5. The highest BCUT2D eigenvalue weighted by atomic mass is 32.2. The van der Waals surface area contributed by atoms with Crippen LogP contribution >= 0.6 is 0 Å². The lowest BCUT2D eigenvalue weighted by Gasteiger charge is -2.17. The number of carbonyl (C=O) groups is 1. The van der Waals surface area contributed by atoms with Crippen molar-refractivity contribution in [3.8, 4) is 5.75 Å². The summed E-state index contributed by atoms with van der Waals surface area (Å²) in [7, 11) is -3.85. The predicted octanol–water partition coefficient (Wildman–Crippen LogP) is 1.10. The van der Waals surface area contributed by atoms with Gasteiger partial charge in [-0.1, -0.05) is 23.4 Å². The van der Waals surface area contributed by atoms with E-state index in [9.17, 15) is 13.2 Å². The van der Waals surface area contributed by atoms with E-state index in [1.54, 1.807) is 24.3 Å². The van der Waals surface area contributed by atoms with Crippen molar-refractivity contribution in [2.75, 3.05) is 6.61 Å². The Hall–Kier alpha value is -2.61. The number of para-hydroxylation sites is 1. The van der Waals surface area contributed by atoms with Gasteiger partial charge >= 0.3 is 0 Å². The van der Waals surface area contributed by atoms with E-state index in [0.717, 1.165) is 5.56 Å². The quantitative estimate of drug-likeness (QED) is 0.905. The summed E-state index contributed by atoms with van der Waals surface area (Å²) in [6, 6.07) is 8.61. The van der Waals surface area contributed by atoms with Gasteiger partial charge in [0.1, 0.15) is 30.1 Å². The maximum atomic E-state index is 12.1. The molecule has 2 heterocycles. The second-order valence-electron chi connectivity index (χ2n) is 4.68. The molecule has 1 aromatic heterocycles. The molecule has 2 aromatic rings. The number of ether oxygens (including phenoxy) is 1. The van der Waals surface area contributed by atoms with E-state index in [1.807, 2.05) is 10.8 Å². The van der Waals surface area contributed by atoms with Gasteiger partial charge in [-0.3, -0.25) is 4.79 Å². The Bertz CT molecular complexity index is 825. The molecular formula is C14H12N2O5S. The number of carbonyl (C=O) groups excluding carboxylic acids is 1. The number of aromatic nitrogens is 1. The van der Waals surface area contributed by atoms with E-state index in [4.69, 9.17) is 4.74 Å². The van der Waals surface area contributed by atoms with Crippen LogP contribution in [0.1, 0.15) is 11.3 Å². The molecule has 3 rings (SSSR count). The van der Waals surface area contributed by atoms with Crippen molar-refractivity contribution in [2.45, 2.75) is 5.75 Å². The zero-order chi connectivity index (χ0) is 15.6. The van der Waals surface area contributed by atoms with Crippen molar-refractivity contribution in [1.29, 1.82) is 0 Å². The lowest BCUT2D eigenvalue weighted by molar-refractivity contribution is -0.116. The van der Waals surface area contributed by atoms with Crippen LogP contribution < -0.4 is 9.46 Å². The monoisotopic (exact) mass is 320 g/mol. The molecule has 0 atom stereocenters.